The summed E-state index contributed by atoms with van der Waals surface area (Å²) in [7, 11) is 1.64. The Balaban J connectivity index is 1.91. The minimum absolute atomic E-state index is 0.140. The summed E-state index contributed by atoms with van der Waals surface area (Å²) < 4.78 is 15.9. The van der Waals surface area contributed by atoms with Gasteiger partial charge in [-0.05, 0) is 31.5 Å². The predicted molar refractivity (Wildman–Crippen MR) is 84.1 cm³/mol. The van der Waals surface area contributed by atoms with Crippen LogP contribution in [0.5, 0.6) is 5.75 Å². The van der Waals surface area contributed by atoms with E-state index in [1.807, 2.05) is 43.0 Å². The fraction of sp³-hybridized carbons (Fsp3) is 0.588. The molecule has 0 radical (unpaired) electrons. The van der Waals surface area contributed by atoms with E-state index in [-0.39, 0.29) is 11.4 Å². The van der Waals surface area contributed by atoms with E-state index in [0.29, 0.717) is 39.4 Å². The van der Waals surface area contributed by atoms with Crippen LogP contribution in [0.15, 0.2) is 24.3 Å². The lowest BCUT2D eigenvalue weighted by molar-refractivity contribution is -0.145. The Morgan fingerprint density at radius 3 is 2.64 bits per heavy atom. The third-order valence-corrected chi connectivity index (χ3v) is 3.78. The van der Waals surface area contributed by atoms with Gasteiger partial charge in [-0.3, -0.25) is 4.79 Å². The normalized spacial score (nSPS) is 17.3. The van der Waals surface area contributed by atoms with Gasteiger partial charge in [0.1, 0.15) is 12.4 Å². The summed E-state index contributed by atoms with van der Waals surface area (Å²) in [6.07, 6.45) is 0.405. The smallest absolute Gasteiger partial charge is 0.227 e. The molecule has 1 aliphatic heterocycles. The average molecular weight is 307 g/mol. The van der Waals surface area contributed by atoms with Crippen LogP contribution in [0.2, 0.25) is 0 Å². The van der Waals surface area contributed by atoms with Gasteiger partial charge in [0.15, 0.2) is 0 Å². The van der Waals surface area contributed by atoms with Gasteiger partial charge in [0.05, 0.1) is 31.8 Å². The molecule has 22 heavy (non-hydrogen) atoms. The maximum Gasteiger partial charge on any atom is 0.227 e. The van der Waals surface area contributed by atoms with Crippen molar-refractivity contribution >= 4 is 5.91 Å². The first kappa shape index (κ1) is 16.8. The van der Waals surface area contributed by atoms with Crippen LogP contribution >= 0.6 is 0 Å². The average Bonchev–Trinajstić information content (AvgIpc) is 2.48. The van der Waals surface area contributed by atoms with Crippen molar-refractivity contribution in [2.75, 3.05) is 40.1 Å². The first-order valence-corrected chi connectivity index (χ1v) is 7.62. The highest BCUT2D eigenvalue weighted by molar-refractivity contribution is 5.79. The molecule has 122 valence electrons. The molecule has 2 rings (SSSR count). The molecule has 1 saturated heterocycles. The molecule has 0 atom stereocenters. The van der Waals surface area contributed by atoms with Gasteiger partial charge in [-0.25, -0.2) is 0 Å². The number of ether oxygens (including phenoxy) is 3. The van der Waals surface area contributed by atoms with Crippen molar-refractivity contribution < 1.29 is 19.0 Å². The number of carbonyl (C=O) groups is 1. The number of morpholine rings is 1. The van der Waals surface area contributed by atoms with E-state index < -0.39 is 0 Å². The van der Waals surface area contributed by atoms with E-state index in [9.17, 15) is 4.79 Å². The second-order valence-corrected chi connectivity index (χ2v) is 6.07. The van der Waals surface area contributed by atoms with Crippen molar-refractivity contribution in [3.05, 3.63) is 29.8 Å². The van der Waals surface area contributed by atoms with Crippen LogP contribution in [0.25, 0.3) is 0 Å². The standard InChI is InChI=1S/C17H25NO4/c1-17(2)13-21-9-8-18(17)16(19)12-14-4-6-15(7-5-14)22-11-10-20-3/h4-7H,8-13H2,1-3H3. The minimum atomic E-state index is -0.238. The molecule has 1 fully saturated rings. The maximum atomic E-state index is 12.5. The molecular weight excluding hydrogens is 282 g/mol. The van der Waals surface area contributed by atoms with E-state index in [1.165, 1.54) is 0 Å². The lowest BCUT2D eigenvalue weighted by atomic mass is 10.0. The first-order valence-electron chi connectivity index (χ1n) is 7.62. The zero-order valence-electron chi connectivity index (χ0n) is 13.6. The first-order chi connectivity index (χ1) is 10.5. The van der Waals surface area contributed by atoms with Gasteiger partial charge in [-0.2, -0.15) is 0 Å². The third-order valence-electron chi connectivity index (χ3n) is 3.78. The molecule has 0 N–H and O–H groups in total. The number of amides is 1. The van der Waals surface area contributed by atoms with Gasteiger partial charge in [-0.15, -0.1) is 0 Å². The van der Waals surface area contributed by atoms with Gasteiger partial charge in [-0.1, -0.05) is 12.1 Å². The summed E-state index contributed by atoms with van der Waals surface area (Å²) in [5.74, 6) is 0.932. The highest BCUT2D eigenvalue weighted by Gasteiger charge is 2.33. The number of nitrogens with zero attached hydrogens (tertiary/aromatic N) is 1. The monoisotopic (exact) mass is 307 g/mol. The van der Waals surface area contributed by atoms with Crippen LogP contribution in [-0.4, -0.2) is 56.4 Å². The van der Waals surface area contributed by atoms with Gasteiger partial charge < -0.3 is 19.1 Å². The number of rotatable bonds is 6. The van der Waals surface area contributed by atoms with Crippen molar-refractivity contribution in [3.8, 4) is 5.75 Å². The zero-order valence-corrected chi connectivity index (χ0v) is 13.6. The summed E-state index contributed by atoms with van der Waals surface area (Å²) in [6.45, 7) is 7.02. The molecule has 0 unspecified atom stereocenters. The molecule has 1 heterocycles. The Labute approximate surface area is 132 Å². The van der Waals surface area contributed by atoms with Crippen molar-refractivity contribution in [1.29, 1.82) is 0 Å². The van der Waals surface area contributed by atoms with Crippen molar-refractivity contribution in [3.63, 3.8) is 0 Å². The lowest BCUT2D eigenvalue weighted by Gasteiger charge is -2.42. The fourth-order valence-electron chi connectivity index (χ4n) is 2.54. The number of benzene rings is 1. The van der Waals surface area contributed by atoms with Gasteiger partial charge >= 0.3 is 0 Å². The summed E-state index contributed by atoms with van der Waals surface area (Å²) in [5.41, 5.74) is 0.754. The van der Waals surface area contributed by atoms with Crippen LogP contribution < -0.4 is 4.74 Å². The highest BCUT2D eigenvalue weighted by Crippen LogP contribution is 2.21. The third kappa shape index (κ3) is 4.45. The summed E-state index contributed by atoms with van der Waals surface area (Å²) in [5, 5.41) is 0. The maximum absolute atomic E-state index is 12.5. The molecule has 5 heteroatoms. The highest BCUT2D eigenvalue weighted by atomic mass is 16.5. The van der Waals surface area contributed by atoms with E-state index in [4.69, 9.17) is 14.2 Å². The Hall–Kier alpha value is -1.59. The van der Waals surface area contributed by atoms with Crippen LogP contribution in [0.1, 0.15) is 19.4 Å². The lowest BCUT2D eigenvalue weighted by Crippen LogP contribution is -2.55. The van der Waals surface area contributed by atoms with E-state index in [1.54, 1.807) is 7.11 Å². The molecule has 1 aromatic rings. The van der Waals surface area contributed by atoms with Crippen LogP contribution in [0, 0.1) is 0 Å². The van der Waals surface area contributed by atoms with Crippen molar-refractivity contribution in [2.24, 2.45) is 0 Å². The molecule has 0 bridgehead atoms. The zero-order chi connectivity index (χ0) is 16.0. The number of hydrogen-bond acceptors (Lipinski definition) is 4. The Kier molecular flexibility index (Phi) is 5.80. The quantitative estimate of drug-likeness (QED) is 0.753. The molecule has 0 saturated carbocycles. The molecule has 1 aromatic carbocycles. The largest absolute Gasteiger partial charge is 0.491 e. The molecule has 1 aliphatic rings. The minimum Gasteiger partial charge on any atom is -0.491 e. The molecule has 5 nitrogen and oxygen atoms in total. The van der Waals surface area contributed by atoms with E-state index in [0.717, 1.165) is 11.3 Å². The van der Waals surface area contributed by atoms with Gasteiger partial charge in [0.2, 0.25) is 5.91 Å². The van der Waals surface area contributed by atoms with E-state index >= 15 is 0 Å². The van der Waals surface area contributed by atoms with Crippen molar-refractivity contribution in [1.82, 2.24) is 4.90 Å². The van der Waals surface area contributed by atoms with Crippen LogP contribution in [0.4, 0.5) is 0 Å². The fourth-order valence-corrected chi connectivity index (χ4v) is 2.54. The number of hydrogen-bond donors (Lipinski definition) is 0. The molecule has 1 amide bonds. The van der Waals surface area contributed by atoms with Gasteiger partial charge in [0.25, 0.3) is 0 Å². The SMILES string of the molecule is COCCOc1ccc(CC(=O)N2CCOCC2(C)C)cc1. The molecule has 0 aromatic heterocycles. The Morgan fingerprint density at radius 1 is 1.27 bits per heavy atom. The van der Waals surface area contributed by atoms with E-state index in [2.05, 4.69) is 0 Å². The second-order valence-electron chi connectivity index (χ2n) is 6.07. The van der Waals surface area contributed by atoms with Crippen LogP contribution in [0.3, 0.4) is 0 Å². The van der Waals surface area contributed by atoms with Gasteiger partial charge in [0, 0.05) is 13.7 Å². The summed E-state index contributed by atoms with van der Waals surface area (Å²) in [4.78, 5) is 14.4. The number of carbonyl (C=O) groups excluding carboxylic acids is 1. The Bertz CT molecular complexity index is 484. The molecule has 0 aliphatic carbocycles. The Morgan fingerprint density at radius 2 is 2.00 bits per heavy atom. The second kappa shape index (κ2) is 7.61. The topological polar surface area (TPSA) is 48.0 Å². The van der Waals surface area contributed by atoms with Crippen molar-refractivity contribution in [2.45, 2.75) is 25.8 Å². The molecular formula is C17H25NO4. The summed E-state index contributed by atoms with van der Waals surface area (Å²) >= 11 is 0. The van der Waals surface area contributed by atoms with Crippen LogP contribution in [-0.2, 0) is 20.7 Å². The molecule has 0 spiro atoms. The number of methoxy groups -OCH3 is 1. The predicted octanol–water partition coefficient (Wildman–Crippen LogP) is 1.89. The summed E-state index contributed by atoms with van der Waals surface area (Å²) in [6, 6.07) is 7.66.